The smallest absolute Gasteiger partial charge is 0.234 e. The zero-order chi connectivity index (χ0) is 21.0. The second kappa shape index (κ2) is 9.13. The number of aryl methyl sites for hydroxylation is 2. The monoisotopic (exact) mass is 399 g/mol. The van der Waals surface area contributed by atoms with Crippen molar-refractivity contribution in [1.82, 2.24) is 14.8 Å². The van der Waals surface area contributed by atoms with Crippen LogP contribution >= 0.6 is 0 Å². The Morgan fingerprint density at radius 1 is 1.14 bits per heavy atom. The summed E-state index contributed by atoms with van der Waals surface area (Å²) in [7, 11) is 3.25. The maximum Gasteiger partial charge on any atom is 0.234 e. The van der Waals surface area contributed by atoms with Crippen molar-refractivity contribution in [2.75, 3.05) is 40.4 Å². The molecule has 1 N–H and O–H groups in total. The number of ketones is 1. The fourth-order valence-electron chi connectivity index (χ4n) is 3.82. The normalized spacial score (nSPS) is 14.6. The molecule has 156 valence electrons. The average Bonchev–Trinajstić information content (AvgIpc) is 3.00. The Morgan fingerprint density at radius 2 is 1.90 bits per heavy atom. The fraction of sp³-hybridized carbons (Fsp3) is 0.455. The van der Waals surface area contributed by atoms with Crippen molar-refractivity contribution in [3.63, 3.8) is 0 Å². The highest BCUT2D eigenvalue weighted by Gasteiger charge is 2.22. The van der Waals surface area contributed by atoms with Crippen molar-refractivity contribution >= 4 is 11.7 Å². The number of carbonyl (C=O) groups is 2. The molecule has 3 rings (SSSR count). The summed E-state index contributed by atoms with van der Waals surface area (Å²) < 4.78 is 12.8. The molecule has 1 fully saturated rings. The van der Waals surface area contributed by atoms with Gasteiger partial charge in [-0.25, -0.2) is 0 Å². The molecule has 0 radical (unpaired) electrons. The summed E-state index contributed by atoms with van der Waals surface area (Å²) in [4.78, 5) is 26.3. The van der Waals surface area contributed by atoms with Gasteiger partial charge in [0.2, 0.25) is 5.91 Å². The van der Waals surface area contributed by atoms with E-state index in [2.05, 4.69) is 9.88 Å². The molecular weight excluding hydrogens is 370 g/mol. The number of methoxy groups -OCH3 is 2. The van der Waals surface area contributed by atoms with Crippen LogP contribution in [-0.4, -0.2) is 61.6 Å². The first-order chi connectivity index (χ1) is 13.9. The van der Waals surface area contributed by atoms with Gasteiger partial charge in [-0.2, -0.15) is 0 Å². The van der Waals surface area contributed by atoms with Crippen molar-refractivity contribution < 1.29 is 19.1 Å². The number of rotatable bonds is 8. The number of aromatic nitrogens is 1. The molecule has 0 bridgehead atoms. The van der Waals surface area contributed by atoms with Crippen LogP contribution in [0.4, 0.5) is 0 Å². The van der Waals surface area contributed by atoms with Crippen molar-refractivity contribution in [3.8, 4) is 11.5 Å². The van der Waals surface area contributed by atoms with Crippen LogP contribution in [0.1, 0.15) is 27.3 Å². The Balaban J connectivity index is 1.69. The molecule has 2 heterocycles. The van der Waals surface area contributed by atoms with E-state index in [1.807, 2.05) is 43.0 Å². The molecule has 7 heteroatoms. The number of ether oxygens (including phenoxy) is 2. The molecule has 1 aromatic carbocycles. The van der Waals surface area contributed by atoms with Crippen molar-refractivity contribution in [2.24, 2.45) is 0 Å². The number of amides is 1. The zero-order valence-electron chi connectivity index (χ0n) is 17.6. The topological polar surface area (TPSA) is 72.8 Å². The average molecular weight is 399 g/mol. The molecule has 2 aromatic rings. The van der Waals surface area contributed by atoms with Gasteiger partial charge in [0.05, 0.1) is 27.3 Å². The van der Waals surface area contributed by atoms with Crippen LogP contribution in [0.2, 0.25) is 0 Å². The van der Waals surface area contributed by atoms with Gasteiger partial charge >= 0.3 is 0 Å². The van der Waals surface area contributed by atoms with Crippen LogP contribution in [0.3, 0.4) is 0 Å². The van der Waals surface area contributed by atoms with E-state index in [0.717, 1.165) is 35.5 Å². The number of benzene rings is 1. The number of hydrogen-bond acceptors (Lipinski definition) is 5. The maximum absolute atomic E-state index is 12.8. The third-order valence-electron chi connectivity index (χ3n) is 5.43. The molecule has 0 saturated carbocycles. The van der Waals surface area contributed by atoms with Crippen LogP contribution in [0, 0.1) is 13.8 Å². The second-order valence-electron chi connectivity index (χ2n) is 7.36. The summed E-state index contributed by atoms with van der Waals surface area (Å²) in [6.45, 7) is 6.63. The van der Waals surface area contributed by atoms with Gasteiger partial charge in [-0.05, 0) is 44.0 Å². The Labute approximate surface area is 171 Å². The van der Waals surface area contributed by atoms with E-state index in [1.165, 1.54) is 0 Å². The molecule has 1 amide bonds. The quantitative estimate of drug-likeness (QED) is 0.687. The zero-order valence-corrected chi connectivity index (χ0v) is 17.6. The van der Waals surface area contributed by atoms with Gasteiger partial charge in [-0.3, -0.25) is 14.5 Å². The van der Waals surface area contributed by atoms with Crippen LogP contribution in [0.15, 0.2) is 24.3 Å². The van der Waals surface area contributed by atoms with Gasteiger partial charge in [-0.1, -0.05) is 6.07 Å². The summed E-state index contributed by atoms with van der Waals surface area (Å²) >= 11 is 0. The summed E-state index contributed by atoms with van der Waals surface area (Å²) in [5.74, 6) is 1.46. The molecule has 7 nitrogen and oxygen atoms in total. The highest BCUT2D eigenvalue weighted by atomic mass is 16.5. The van der Waals surface area contributed by atoms with E-state index in [9.17, 15) is 9.59 Å². The minimum absolute atomic E-state index is 0.0237. The van der Waals surface area contributed by atoms with Gasteiger partial charge in [-0.15, -0.1) is 0 Å². The standard InChI is InChI=1S/C22H29N3O4/c1-15-11-18(19(26)13-24-10-8-23-22(27)14-24)16(2)25(15)9-7-17-5-6-20(28-3)21(12-17)29-4/h5-6,11-12H,7-10,13-14H2,1-4H3,(H,23,27). The van der Waals surface area contributed by atoms with Gasteiger partial charge in [0.1, 0.15) is 0 Å². The van der Waals surface area contributed by atoms with Gasteiger partial charge in [0.15, 0.2) is 17.3 Å². The first kappa shape index (κ1) is 20.9. The van der Waals surface area contributed by atoms with E-state index >= 15 is 0 Å². The van der Waals surface area contributed by atoms with E-state index in [1.54, 1.807) is 14.2 Å². The van der Waals surface area contributed by atoms with Crippen LogP contribution in [0.5, 0.6) is 11.5 Å². The van der Waals surface area contributed by atoms with Gasteiger partial charge in [0.25, 0.3) is 0 Å². The number of carbonyl (C=O) groups excluding carboxylic acids is 2. The molecule has 0 atom stereocenters. The van der Waals surface area contributed by atoms with Gasteiger partial charge in [0, 0.05) is 36.6 Å². The predicted molar refractivity (Wildman–Crippen MR) is 111 cm³/mol. The largest absolute Gasteiger partial charge is 0.493 e. The van der Waals surface area contributed by atoms with E-state index in [4.69, 9.17) is 9.47 Å². The van der Waals surface area contributed by atoms with E-state index in [0.29, 0.717) is 24.6 Å². The lowest BCUT2D eigenvalue weighted by Gasteiger charge is -2.25. The summed E-state index contributed by atoms with van der Waals surface area (Å²) in [6, 6.07) is 7.88. The molecule has 1 saturated heterocycles. The highest BCUT2D eigenvalue weighted by Crippen LogP contribution is 2.28. The lowest BCUT2D eigenvalue weighted by Crippen LogP contribution is -2.49. The fourth-order valence-corrected chi connectivity index (χ4v) is 3.82. The van der Waals surface area contributed by atoms with Crippen LogP contribution < -0.4 is 14.8 Å². The minimum Gasteiger partial charge on any atom is -0.493 e. The maximum atomic E-state index is 12.8. The van der Waals surface area contributed by atoms with E-state index < -0.39 is 0 Å². The number of nitrogens with one attached hydrogen (secondary N) is 1. The molecule has 1 aliphatic rings. The molecule has 0 aliphatic carbocycles. The molecular formula is C22H29N3O4. The Hall–Kier alpha value is -2.80. The number of hydrogen-bond donors (Lipinski definition) is 1. The first-order valence-electron chi connectivity index (χ1n) is 9.82. The predicted octanol–water partition coefficient (Wildman–Crippen LogP) is 1.98. The first-order valence-corrected chi connectivity index (χ1v) is 9.82. The lowest BCUT2D eigenvalue weighted by atomic mass is 10.1. The molecule has 0 spiro atoms. The number of nitrogens with zero attached hydrogens (tertiary/aromatic N) is 2. The minimum atomic E-state index is -0.0237. The molecule has 1 aliphatic heterocycles. The third-order valence-corrected chi connectivity index (χ3v) is 5.43. The summed E-state index contributed by atoms with van der Waals surface area (Å²) in [5.41, 5.74) is 3.90. The van der Waals surface area contributed by atoms with Gasteiger partial charge < -0.3 is 19.4 Å². The van der Waals surface area contributed by atoms with Crippen LogP contribution in [0.25, 0.3) is 0 Å². The highest BCUT2D eigenvalue weighted by molar-refractivity contribution is 5.99. The van der Waals surface area contributed by atoms with Crippen LogP contribution in [-0.2, 0) is 17.8 Å². The Morgan fingerprint density at radius 3 is 2.59 bits per heavy atom. The number of Topliss-reactive ketones (excluding diaryl/α,β-unsaturated/α-hetero) is 1. The summed E-state index contributed by atoms with van der Waals surface area (Å²) in [6.07, 6.45) is 0.816. The van der Waals surface area contributed by atoms with Crippen molar-refractivity contribution in [3.05, 3.63) is 46.8 Å². The molecule has 1 aromatic heterocycles. The SMILES string of the molecule is COc1ccc(CCn2c(C)cc(C(=O)CN3CCNC(=O)C3)c2C)cc1OC. The van der Waals surface area contributed by atoms with Crippen molar-refractivity contribution in [1.29, 1.82) is 0 Å². The molecule has 0 unspecified atom stereocenters. The second-order valence-corrected chi connectivity index (χ2v) is 7.36. The third kappa shape index (κ3) is 4.79. The number of piperazine rings is 1. The lowest BCUT2D eigenvalue weighted by molar-refractivity contribution is -0.123. The van der Waals surface area contributed by atoms with E-state index in [-0.39, 0.29) is 24.8 Å². The Kier molecular flexibility index (Phi) is 6.59. The molecule has 29 heavy (non-hydrogen) atoms. The summed E-state index contributed by atoms with van der Waals surface area (Å²) in [5, 5.41) is 2.78. The Bertz CT molecular complexity index is 904. The van der Waals surface area contributed by atoms with Crippen molar-refractivity contribution in [2.45, 2.75) is 26.8 Å².